The fourth-order valence-corrected chi connectivity index (χ4v) is 2.95. The zero-order chi connectivity index (χ0) is 15.7. The third kappa shape index (κ3) is 2.57. The lowest BCUT2D eigenvalue weighted by atomic mass is 9.89. The van der Waals surface area contributed by atoms with Crippen LogP contribution in [-0.4, -0.2) is 16.5 Å². The van der Waals surface area contributed by atoms with E-state index < -0.39 is 5.92 Å². The third-order valence-electron chi connectivity index (χ3n) is 3.90. The van der Waals surface area contributed by atoms with E-state index >= 15 is 0 Å². The van der Waals surface area contributed by atoms with Crippen molar-refractivity contribution in [3.05, 3.63) is 81.3 Å². The van der Waals surface area contributed by atoms with Crippen LogP contribution in [0, 0.1) is 22.9 Å². The molecule has 0 spiro atoms. The van der Waals surface area contributed by atoms with Gasteiger partial charge in [0.2, 0.25) is 6.54 Å². The van der Waals surface area contributed by atoms with Crippen molar-refractivity contribution in [2.45, 2.75) is 12.8 Å². The van der Waals surface area contributed by atoms with Crippen LogP contribution < -0.4 is 0 Å². The Kier molecular flexibility index (Phi) is 3.63. The van der Waals surface area contributed by atoms with Gasteiger partial charge in [-0.1, -0.05) is 30.3 Å². The Bertz CT molecular complexity index is 824. The number of benzene rings is 2. The minimum absolute atomic E-state index is 0.228. The molecule has 1 N–H and O–H groups in total. The normalized spacial score (nSPS) is 12.5. The van der Waals surface area contributed by atoms with Gasteiger partial charge in [-0.25, -0.2) is 4.39 Å². The zero-order valence-corrected chi connectivity index (χ0v) is 12.0. The summed E-state index contributed by atoms with van der Waals surface area (Å²) < 4.78 is 13.1. The van der Waals surface area contributed by atoms with Crippen LogP contribution in [0.15, 0.2) is 48.5 Å². The number of aryl methyl sites for hydroxylation is 1. The Balaban J connectivity index is 2.17. The van der Waals surface area contributed by atoms with Crippen molar-refractivity contribution in [1.29, 1.82) is 0 Å². The number of para-hydroxylation sites is 1. The smallest absolute Gasteiger partial charge is 0.214 e. The maximum absolute atomic E-state index is 13.1. The summed E-state index contributed by atoms with van der Waals surface area (Å²) >= 11 is 0. The monoisotopic (exact) mass is 298 g/mol. The molecular formula is C17H15FN2O2. The van der Waals surface area contributed by atoms with E-state index in [0.717, 1.165) is 27.7 Å². The second-order valence-corrected chi connectivity index (χ2v) is 5.33. The molecule has 0 aliphatic rings. The Morgan fingerprint density at radius 3 is 2.55 bits per heavy atom. The zero-order valence-electron chi connectivity index (χ0n) is 12.0. The molecule has 0 aliphatic carbocycles. The van der Waals surface area contributed by atoms with Gasteiger partial charge in [-0.05, 0) is 36.2 Å². The standard InChI is InChI=1S/C17H15FN2O2/c1-11-17(14-4-2-3-5-16(14)19-11)15(10-20(21)22)12-6-8-13(18)9-7-12/h2-9,15,19H,10H2,1H3/t15-/m0/s1. The number of hydrogen-bond acceptors (Lipinski definition) is 2. The van der Waals surface area contributed by atoms with E-state index in [-0.39, 0.29) is 17.3 Å². The topological polar surface area (TPSA) is 58.9 Å². The maximum Gasteiger partial charge on any atom is 0.214 e. The van der Waals surface area contributed by atoms with Crippen molar-refractivity contribution in [1.82, 2.24) is 4.98 Å². The number of nitrogens with zero attached hydrogens (tertiary/aromatic N) is 1. The van der Waals surface area contributed by atoms with Crippen LogP contribution in [0.3, 0.4) is 0 Å². The van der Waals surface area contributed by atoms with Crippen LogP contribution in [0.1, 0.15) is 22.7 Å². The molecule has 3 rings (SSSR count). The molecule has 2 aromatic carbocycles. The lowest BCUT2D eigenvalue weighted by Gasteiger charge is -2.14. The summed E-state index contributed by atoms with van der Waals surface area (Å²) in [6.07, 6.45) is 0. The predicted molar refractivity (Wildman–Crippen MR) is 83.1 cm³/mol. The molecule has 0 bridgehead atoms. The number of hydrogen-bond donors (Lipinski definition) is 1. The highest BCUT2D eigenvalue weighted by atomic mass is 19.1. The number of aromatic nitrogens is 1. The second-order valence-electron chi connectivity index (χ2n) is 5.33. The van der Waals surface area contributed by atoms with Crippen molar-refractivity contribution >= 4 is 10.9 Å². The van der Waals surface area contributed by atoms with E-state index in [0.29, 0.717) is 0 Å². The van der Waals surface area contributed by atoms with Crippen LogP contribution in [0.5, 0.6) is 0 Å². The maximum atomic E-state index is 13.1. The van der Waals surface area contributed by atoms with Crippen molar-refractivity contribution in [3.63, 3.8) is 0 Å². The van der Waals surface area contributed by atoms with E-state index in [1.165, 1.54) is 12.1 Å². The highest BCUT2D eigenvalue weighted by molar-refractivity contribution is 5.85. The number of rotatable bonds is 4. The number of halogens is 1. The summed E-state index contributed by atoms with van der Waals surface area (Å²) in [5, 5.41) is 12.1. The van der Waals surface area contributed by atoms with Gasteiger partial charge in [-0.15, -0.1) is 0 Å². The number of aromatic amines is 1. The molecule has 0 unspecified atom stereocenters. The lowest BCUT2D eigenvalue weighted by Crippen LogP contribution is -2.14. The summed E-state index contributed by atoms with van der Waals surface area (Å²) in [5.41, 5.74) is 3.49. The highest BCUT2D eigenvalue weighted by Gasteiger charge is 2.25. The number of H-pyrrole nitrogens is 1. The number of fused-ring (bicyclic) bond motifs is 1. The Morgan fingerprint density at radius 2 is 1.86 bits per heavy atom. The average Bonchev–Trinajstić information content (AvgIpc) is 2.81. The molecule has 112 valence electrons. The quantitative estimate of drug-likeness (QED) is 0.584. The Morgan fingerprint density at radius 1 is 1.18 bits per heavy atom. The van der Waals surface area contributed by atoms with Gasteiger partial charge in [0.25, 0.3) is 0 Å². The SMILES string of the molecule is Cc1[nH]c2ccccc2c1[C@@H](C[N+](=O)[O-])c1ccc(F)cc1. The van der Waals surface area contributed by atoms with E-state index in [9.17, 15) is 14.5 Å². The molecule has 0 aliphatic heterocycles. The van der Waals surface area contributed by atoms with Crippen LogP contribution in [0.2, 0.25) is 0 Å². The van der Waals surface area contributed by atoms with Crippen LogP contribution in [-0.2, 0) is 0 Å². The molecule has 5 heteroatoms. The molecule has 1 atom stereocenters. The van der Waals surface area contributed by atoms with Gasteiger partial charge >= 0.3 is 0 Å². The van der Waals surface area contributed by atoms with Gasteiger partial charge in [-0.3, -0.25) is 10.1 Å². The lowest BCUT2D eigenvalue weighted by molar-refractivity contribution is -0.481. The van der Waals surface area contributed by atoms with Crippen LogP contribution >= 0.6 is 0 Å². The minimum atomic E-state index is -0.410. The van der Waals surface area contributed by atoms with Crippen LogP contribution in [0.25, 0.3) is 10.9 Å². The highest BCUT2D eigenvalue weighted by Crippen LogP contribution is 2.33. The largest absolute Gasteiger partial charge is 0.358 e. The first-order valence-corrected chi connectivity index (χ1v) is 7.00. The molecule has 0 fully saturated rings. The van der Waals surface area contributed by atoms with Crippen molar-refractivity contribution in [3.8, 4) is 0 Å². The summed E-state index contributed by atoms with van der Waals surface area (Å²) in [7, 11) is 0. The molecule has 0 saturated heterocycles. The Hall–Kier alpha value is -2.69. The summed E-state index contributed by atoms with van der Waals surface area (Å²) in [6, 6.07) is 13.6. The summed E-state index contributed by atoms with van der Waals surface area (Å²) in [5.74, 6) is -0.758. The molecule has 3 aromatic rings. The summed E-state index contributed by atoms with van der Waals surface area (Å²) in [4.78, 5) is 14.1. The second kappa shape index (κ2) is 5.60. The minimum Gasteiger partial charge on any atom is -0.358 e. The van der Waals surface area contributed by atoms with E-state index in [2.05, 4.69) is 4.98 Å². The third-order valence-corrected chi connectivity index (χ3v) is 3.90. The summed E-state index contributed by atoms with van der Waals surface area (Å²) in [6.45, 7) is 1.68. The molecule has 0 radical (unpaired) electrons. The molecule has 0 saturated carbocycles. The first-order chi connectivity index (χ1) is 10.6. The van der Waals surface area contributed by atoms with E-state index in [4.69, 9.17) is 0 Å². The van der Waals surface area contributed by atoms with Crippen LogP contribution in [0.4, 0.5) is 4.39 Å². The van der Waals surface area contributed by atoms with Gasteiger partial charge in [0.15, 0.2) is 0 Å². The van der Waals surface area contributed by atoms with Crippen molar-refractivity contribution < 1.29 is 9.31 Å². The fraction of sp³-hybridized carbons (Fsp3) is 0.176. The molecule has 4 nitrogen and oxygen atoms in total. The van der Waals surface area contributed by atoms with Gasteiger partial charge in [-0.2, -0.15) is 0 Å². The Labute approximate surface area is 126 Å². The fourth-order valence-electron chi connectivity index (χ4n) is 2.95. The number of nitrogens with one attached hydrogen (secondary N) is 1. The first-order valence-electron chi connectivity index (χ1n) is 7.00. The first kappa shape index (κ1) is 14.3. The van der Waals surface area contributed by atoms with Crippen molar-refractivity contribution in [2.75, 3.05) is 6.54 Å². The average molecular weight is 298 g/mol. The van der Waals surface area contributed by atoms with Gasteiger partial charge in [0.1, 0.15) is 5.82 Å². The predicted octanol–water partition coefficient (Wildman–Crippen LogP) is 4.02. The van der Waals surface area contributed by atoms with Gasteiger partial charge in [0.05, 0.1) is 5.92 Å². The molecular weight excluding hydrogens is 283 g/mol. The van der Waals surface area contributed by atoms with E-state index in [1.54, 1.807) is 12.1 Å². The molecule has 22 heavy (non-hydrogen) atoms. The van der Waals surface area contributed by atoms with Gasteiger partial charge < -0.3 is 4.98 Å². The van der Waals surface area contributed by atoms with E-state index in [1.807, 2.05) is 31.2 Å². The van der Waals surface area contributed by atoms with Gasteiger partial charge in [0, 0.05) is 21.5 Å². The van der Waals surface area contributed by atoms with Crippen molar-refractivity contribution in [2.24, 2.45) is 0 Å². The molecule has 0 amide bonds. The molecule has 1 aromatic heterocycles. The molecule has 1 heterocycles. The number of nitro groups is 1.